The second-order valence-electron chi connectivity index (χ2n) is 5.86. The van der Waals surface area contributed by atoms with Crippen LogP contribution < -0.4 is 14.8 Å². The molecule has 3 heterocycles. The number of aromatic nitrogens is 4. The van der Waals surface area contributed by atoms with Crippen molar-refractivity contribution in [3.63, 3.8) is 0 Å². The van der Waals surface area contributed by atoms with Crippen LogP contribution in [0.5, 0.6) is 11.5 Å². The van der Waals surface area contributed by atoms with Crippen molar-refractivity contribution in [3.8, 4) is 11.5 Å². The Morgan fingerprint density at radius 1 is 1.12 bits per heavy atom. The van der Waals surface area contributed by atoms with E-state index in [0.717, 1.165) is 22.2 Å². The maximum Gasteiger partial charge on any atom is 0.299 e. The molecular weight excluding hydrogens is 344 g/mol. The largest absolute Gasteiger partial charge is 0.486 e. The minimum absolute atomic E-state index is 0.0674. The molecule has 136 valence electrons. The Hall–Kier alpha value is -2.97. The molecule has 3 aromatic rings. The SMILES string of the molecule is CCC(Nc1ccc2nnc(C(F)F)n2n1)c1ccc2c(c1)OCCO2. The molecule has 1 aliphatic heterocycles. The highest BCUT2D eigenvalue weighted by atomic mass is 19.3. The second kappa shape index (κ2) is 6.74. The topological polar surface area (TPSA) is 73.6 Å². The summed E-state index contributed by atoms with van der Waals surface area (Å²) in [7, 11) is 0. The molecule has 0 fully saturated rings. The summed E-state index contributed by atoms with van der Waals surface area (Å²) in [6.45, 7) is 3.08. The first-order chi connectivity index (χ1) is 12.7. The van der Waals surface area contributed by atoms with Crippen LogP contribution in [0.4, 0.5) is 14.6 Å². The third-order valence-electron chi connectivity index (χ3n) is 4.18. The fourth-order valence-electron chi connectivity index (χ4n) is 2.89. The molecule has 0 bridgehead atoms. The first-order valence-corrected chi connectivity index (χ1v) is 8.32. The van der Waals surface area contributed by atoms with Gasteiger partial charge in [0.1, 0.15) is 19.0 Å². The lowest BCUT2D eigenvalue weighted by Crippen LogP contribution is -2.17. The summed E-state index contributed by atoms with van der Waals surface area (Å²) in [6, 6.07) is 8.99. The summed E-state index contributed by atoms with van der Waals surface area (Å²) >= 11 is 0. The molecule has 26 heavy (non-hydrogen) atoms. The van der Waals surface area contributed by atoms with Crippen molar-refractivity contribution in [1.82, 2.24) is 19.8 Å². The number of fused-ring (bicyclic) bond motifs is 2. The fraction of sp³-hybridized carbons (Fsp3) is 0.353. The third-order valence-corrected chi connectivity index (χ3v) is 4.18. The lowest BCUT2D eigenvalue weighted by molar-refractivity contribution is 0.137. The molecule has 4 rings (SSSR count). The van der Waals surface area contributed by atoms with Crippen molar-refractivity contribution in [1.29, 1.82) is 0 Å². The van der Waals surface area contributed by atoms with E-state index in [1.165, 1.54) is 0 Å². The normalized spacial score (nSPS) is 14.6. The average Bonchev–Trinajstić information content (AvgIpc) is 3.09. The lowest BCUT2D eigenvalue weighted by Gasteiger charge is -2.22. The Bertz CT molecular complexity index is 931. The zero-order valence-corrected chi connectivity index (χ0v) is 14.0. The van der Waals surface area contributed by atoms with E-state index in [0.29, 0.717) is 24.8 Å². The number of hydrogen-bond donors (Lipinski definition) is 1. The quantitative estimate of drug-likeness (QED) is 0.751. The maximum absolute atomic E-state index is 13.0. The summed E-state index contributed by atoms with van der Waals surface area (Å²) in [5.74, 6) is 1.41. The lowest BCUT2D eigenvalue weighted by atomic mass is 10.0. The molecule has 0 spiro atoms. The van der Waals surface area contributed by atoms with Crippen LogP contribution >= 0.6 is 0 Å². The summed E-state index contributed by atoms with van der Waals surface area (Å²) < 4.78 is 38.2. The standard InChI is InChI=1S/C17H17F2N5O2/c1-2-11(10-3-4-12-13(9-10)26-8-7-25-12)20-14-5-6-15-21-22-17(16(18)19)24(15)23-14/h3-6,9,11,16H,2,7-8H2,1H3,(H,20,23). The van der Waals surface area contributed by atoms with E-state index in [1.807, 2.05) is 25.1 Å². The monoisotopic (exact) mass is 361 g/mol. The molecule has 7 nitrogen and oxygen atoms in total. The van der Waals surface area contributed by atoms with Crippen LogP contribution in [-0.4, -0.2) is 33.0 Å². The number of halogens is 2. The van der Waals surface area contributed by atoms with Crippen LogP contribution in [0.3, 0.4) is 0 Å². The number of ether oxygens (including phenoxy) is 2. The van der Waals surface area contributed by atoms with Crippen LogP contribution in [0, 0.1) is 0 Å². The first kappa shape index (κ1) is 16.5. The van der Waals surface area contributed by atoms with Gasteiger partial charge in [-0.2, -0.15) is 4.52 Å². The Morgan fingerprint density at radius 2 is 1.92 bits per heavy atom. The number of rotatable bonds is 5. The third kappa shape index (κ3) is 3.00. The number of nitrogens with one attached hydrogen (secondary N) is 1. The Balaban J connectivity index is 1.62. The van der Waals surface area contributed by atoms with Crippen LogP contribution in [0.25, 0.3) is 5.65 Å². The molecule has 2 aromatic heterocycles. The number of alkyl halides is 2. The van der Waals surface area contributed by atoms with Gasteiger partial charge in [0.25, 0.3) is 6.43 Å². The van der Waals surface area contributed by atoms with E-state index in [4.69, 9.17) is 9.47 Å². The molecule has 9 heteroatoms. The summed E-state index contributed by atoms with van der Waals surface area (Å²) in [5, 5.41) is 14.7. The Labute approximate surface area is 147 Å². The van der Waals surface area contributed by atoms with E-state index in [1.54, 1.807) is 12.1 Å². The zero-order valence-electron chi connectivity index (χ0n) is 14.0. The molecule has 1 aromatic carbocycles. The van der Waals surface area contributed by atoms with Gasteiger partial charge in [-0.05, 0) is 36.2 Å². The predicted octanol–water partition coefficient (Wildman–Crippen LogP) is 3.40. The van der Waals surface area contributed by atoms with Gasteiger partial charge < -0.3 is 14.8 Å². The highest BCUT2D eigenvalue weighted by molar-refractivity contribution is 5.48. The van der Waals surface area contributed by atoms with Crippen LogP contribution in [-0.2, 0) is 0 Å². The number of nitrogens with zero attached hydrogens (tertiary/aromatic N) is 4. The van der Waals surface area contributed by atoms with Gasteiger partial charge in [-0.15, -0.1) is 15.3 Å². The summed E-state index contributed by atoms with van der Waals surface area (Å²) in [5.41, 5.74) is 1.27. The second-order valence-corrected chi connectivity index (χ2v) is 5.86. The van der Waals surface area contributed by atoms with Gasteiger partial charge in [0.15, 0.2) is 17.1 Å². The van der Waals surface area contributed by atoms with E-state index < -0.39 is 12.2 Å². The fourth-order valence-corrected chi connectivity index (χ4v) is 2.89. The smallest absolute Gasteiger partial charge is 0.299 e. The highest BCUT2D eigenvalue weighted by Gasteiger charge is 2.19. The van der Waals surface area contributed by atoms with Crippen molar-refractivity contribution in [2.24, 2.45) is 0 Å². The molecule has 1 aliphatic rings. The van der Waals surface area contributed by atoms with E-state index in [9.17, 15) is 8.78 Å². The van der Waals surface area contributed by atoms with Gasteiger partial charge in [0.2, 0.25) is 5.82 Å². The molecule has 0 saturated heterocycles. The van der Waals surface area contributed by atoms with Crippen molar-refractivity contribution < 1.29 is 18.3 Å². The van der Waals surface area contributed by atoms with Gasteiger partial charge in [-0.3, -0.25) is 0 Å². The highest BCUT2D eigenvalue weighted by Crippen LogP contribution is 2.34. The Morgan fingerprint density at radius 3 is 2.69 bits per heavy atom. The molecule has 0 saturated carbocycles. The van der Waals surface area contributed by atoms with Gasteiger partial charge >= 0.3 is 0 Å². The summed E-state index contributed by atoms with van der Waals surface area (Å²) in [6.07, 6.45) is -1.98. The molecule has 0 radical (unpaired) electrons. The van der Waals surface area contributed by atoms with Crippen molar-refractivity contribution in [2.45, 2.75) is 25.8 Å². The van der Waals surface area contributed by atoms with E-state index in [-0.39, 0.29) is 11.7 Å². The summed E-state index contributed by atoms with van der Waals surface area (Å²) in [4.78, 5) is 0. The first-order valence-electron chi connectivity index (χ1n) is 8.32. The van der Waals surface area contributed by atoms with E-state index in [2.05, 4.69) is 20.6 Å². The van der Waals surface area contributed by atoms with Crippen molar-refractivity contribution >= 4 is 11.5 Å². The minimum atomic E-state index is -2.74. The van der Waals surface area contributed by atoms with Crippen LogP contribution in [0.2, 0.25) is 0 Å². The molecule has 1 N–H and O–H groups in total. The van der Waals surface area contributed by atoms with Gasteiger partial charge in [-0.25, -0.2) is 8.78 Å². The van der Waals surface area contributed by atoms with Gasteiger partial charge in [-0.1, -0.05) is 13.0 Å². The predicted molar refractivity (Wildman–Crippen MR) is 89.8 cm³/mol. The zero-order chi connectivity index (χ0) is 18.1. The number of hydrogen-bond acceptors (Lipinski definition) is 6. The molecule has 0 amide bonds. The van der Waals surface area contributed by atoms with Crippen molar-refractivity contribution in [2.75, 3.05) is 18.5 Å². The van der Waals surface area contributed by atoms with Crippen LogP contribution in [0.1, 0.15) is 37.2 Å². The number of anilines is 1. The minimum Gasteiger partial charge on any atom is -0.486 e. The number of benzene rings is 1. The molecule has 1 atom stereocenters. The van der Waals surface area contributed by atoms with Gasteiger partial charge in [0.05, 0.1) is 6.04 Å². The molecular formula is C17H17F2N5O2. The average molecular weight is 361 g/mol. The van der Waals surface area contributed by atoms with Crippen molar-refractivity contribution in [3.05, 3.63) is 41.7 Å². The maximum atomic E-state index is 13.0. The van der Waals surface area contributed by atoms with Gasteiger partial charge in [0, 0.05) is 0 Å². The van der Waals surface area contributed by atoms with E-state index >= 15 is 0 Å². The Kier molecular flexibility index (Phi) is 4.27. The molecule has 0 aliphatic carbocycles. The van der Waals surface area contributed by atoms with Crippen LogP contribution in [0.15, 0.2) is 30.3 Å². The molecule has 1 unspecified atom stereocenters.